The predicted octanol–water partition coefficient (Wildman–Crippen LogP) is 2.27. The summed E-state index contributed by atoms with van der Waals surface area (Å²) in [5.41, 5.74) is 1.84. The number of pyridine rings is 1. The van der Waals surface area contributed by atoms with E-state index in [0.29, 0.717) is 18.7 Å². The van der Waals surface area contributed by atoms with Gasteiger partial charge in [-0.15, -0.1) is 0 Å². The lowest BCUT2D eigenvalue weighted by atomic mass is 10.1. The van der Waals surface area contributed by atoms with Crippen molar-refractivity contribution in [3.8, 4) is 0 Å². The normalized spacial score (nSPS) is 12.1. The third-order valence-electron chi connectivity index (χ3n) is 4.50. The van der Waals surface area contributed by atoms with Gasteiger partial charge in [0, 0.05) is 31.6 Å². The molecule has 1 atom stereocenters. The molecule has 1 N–H and O–H groups in total. The number of amides is 1. The maximum atomic E-state index is 13.2. The zero-order chi connectivity index (χ0) is 19.4. The van der Waals surface area contributed by atoms with Crippen molar-refractivity contribution in [2.45, 2.75) is 20.4 Å². The number of hydrogen-bond acceptors (Lipinski definition) is 4. The molecule has 0 saturated carbocycles. The van der Waals surface area contributed by atoms with Crippen LogP contribution < -0.4 is 5.56 Å². The molecule has 0 bridgehead atoms. The van der Waals surface area contributed by atoms with Gasteiger partial charge in [-0.05, 0) is 30.5 Å². The van der Waals surface area contributed by atoms with Crippen molar-refractivity contribution in [3.05, 3.63) is 81.9 Å². The highest BCUT2D eigenvalue weighted by molar-refractivity contribution is 5.93. The van der Waals surface area contributed by atoms with E-state index in [4.69, 9.17) is 0 Å². The number of hydrogen-bond donors (Lipinski definition) is 1. The van der Waals surface area contributed by atoms with Crippen LogP contribution in [-0.2, 0) is 6.54 Å². The van der Waals surface area contributed by atoms with Crippen molar-refractivity contribution in [2.75, 3.05) is 13.2 Å². The maximum Gasteiger partial charge on any atom is 0.270 e. The van der Waals surface area contributed by atoms with Crippen LogP contribution in [0.1, 0.15) is 28.5 Å². The van der Waals surface area contributed by atoms with Gasteiger partial charge >= 0.3 is 0 Å². The number of aryl methyl sites for hydroxylation is 1. The number of aliphatic hydroxyl groups is 1. The molecule has 3 aromatic rings. The number of nitrogens with zero attached hydrogens (tertiary/aromatic N) is 3. The molecule has 1 amide bonds. The highest BCUT2D eigenvalue weighted by atomic mass is 16.3. The fourth-order valence-electron chi connectivity index (χ4n) is 3.05. The Morgan fingerprint density at radius 2 is 1.93 bits per heavy atom. The van der Waals surface area contributed by atoms with Gasteiger partial charge in [0.1, 0.15) is 11.2 Å². The Morgan fingerprint density at radius 3 is 2.63 bits per heavy atom. The second kappa shape index (κ2) is 8.14. The van der Waals surface area contributed by atoms with Crippen molar-refractivity contribution in [2.24, 2.45) is 5.92 Å². The van der Waals surface area contributed by atoms with Crippen LogP contribution >= 0.6 is 0 Å². The van der Waals surface area contributed by atoms with Gasteiger partial charge in [0.15, 0.2) is 0 Å². The third-order valence-corrected chi connectivity index (χ3v) is 4.50. The summed E-state index contributed by atoms with van der Waals surface area (Å²) in [6, 6.07) is 14.9. The molecule has 27 heavy (non-hydrogen) atoms. The summed E-state index contributed by atoms with van der Waals surface area (Å²) < 4.78 is 1.45. The number of aromatic nitrogens is 2. The van der Waals surface area contributed by atoms with Crippen molar-refractivity contribution in [3.63, 3.8) is 0 Å². The topological polar surface area (TPSA) is 74.9 Å². The van der Waals surface area contributed by atoms with E-state index in [0.717, 1.165) is 11.3 Å². The Bertz CT molecular complexity index is 998. The van der Waals surface area contributed by atoms with E-state index in [1.165, 1.54) is 10.6 Å². The van der Waals surface area contributed by atoms with Gasteiger partial charge in [-0.2, -0.15) is 0 Å². The van der Waals surface area contributed by atoms with Gasteiger partial charge in [-0.25, -0.2) is 4.98 Å². The Balaban J connectivity index is 2.00. The van der Waals surface area contributed by atoms with Crippen LogP contribution in [0.2, 0.25) is 0 Å². The Morgan fingerprint density at radius 1 is 1.19 bits per heavy atom. The molecule has 0 saturated heterocycles. The Kier molecular flexibility index (Phi) is 5.66. The zero-order valence-electron chi connectivity index (χ0n) is 15.5. The number of carbonyl (C=O) groups is 1. The average molecular weight is 365 g/mol. The Hall–Kier alpha value is -2.99. The number of aliphatic hydroxyl groups excluding tert-OH is 1. The first-order valence-electron chi connectivity index (χ1n) is 8.92. The molecular formula is C21H23N3O3. The van der Waals surface area contributed by atoms with Crippen molar-refractivity contribution in [1.82, 2.24) is 14.3 Å². The smallest absolute Gasteiger partial charge is 0.270 e. The Labute approximate surface area is 157 Å². The largest absolute Gasteiger partial charge is 0.396 e. The maximum absolute atomic E-state index is 13.2. The van der Waals surface area contributed by atoms with E-state index in [1.807, 2.05) is 43.3 Å². The molecule has 0 aliphatic heterocycles. The minimum atomic E-state index is -0.380. The third kappa shape index (κ3) is 4.06. The van der Waals surface area contributed by atoms with Gasteiger partial charge < -0.3 is 10.0 Å². The quantitative estimate of drug-likeness (QED) is 0.727. The number of benzene rings is 1. The van der Waals surface area contributed by atoms with Gasteiger partial charge in [0.05, 0.1) is 0 Å². The first-order valence-corrected chi connectivity index (χ1v) is 8.92. The fourth-order valence-corrected chi connectivity index (χ4v) is 3.05. The van der Waals surface area contributed by atoms with Gasteiger partial charge in [-0.1, -0.05) is 43.3 Å². The molecule has 0 spiro atoms. The van der Waals surface area contributed by atoms with Gasteiger partial charge in [0.2, 0.25) is 0 Å². The second-order valence-electron chi connectivity index (χ2n) is 6.80. The molecule has 6 heteroatoms. The van der Waals surface area contributed by atoms with Crippen LogP contribution in [0.5, 0.6) is 0 Å². The van der Waals surface area contributed by atoms with E-state index < -0.39 is 0 Å². The summed E-state index contributed by atoms with van der Waals surface area (Å²) in [5.74, 6) is -0.482. The molecule has 1 unspecified atom stereocenters. The molecule has 0 aliphatic carbocycles. The summed E-state index contributed by atoms with van der Waals surface area (Å²) in [4.78, 5) is 32.0. The van der Waals surface area contributed by atoms with Crippen molar-refractivity contribution < 1.29 is 9.90 Å². The molecule has 6 nitrogen and oxygen atoms in total. The van der Waals surface area contributed by atoms with Crippen LogP contribution in [0.15, 0.2) is 59.5 Å². The predicted molar refractivity (Wildman–Crippen MR) is 104 cm³/mol. The average Bonchev–Trinajstić information content (AvgIpc) is 2.68. The zero-order valence-corrected chi connectivity index (χ0v) is 15.5. The molecule has 2 heterocycles. The standard InChI is InChI=1S/C21H23N3O3/c1-15(14-25)12-23(13-17-8-4-3-5-9-17)20(26)18-11-22-19-10-6-7-16(2)24(19)21(18)27/h3-11,15,25H,12-14H2,1-2H3. The van der Waals surface area contributed by atoms with Crippen LogP contribution in [0.25, 0.3) is 5.65 Å². The van der Waals surface area contributed by atoms with E-state index in [9.17, 15) is 14.7 Å². The first kappa shape index (κ1) is 18.8. The molecule has 3 rings (SSSR count). The summed E-state index contributed by atoms with van der Waals surface area (Å²) in [7, 11) is 0. The molecule has 1 aromatic carbocycles. The fraction of sp³-hybridized carbons (Fsp3) is 0.286. The number of fused-ring (bicyclic) bond motifs is 1. The molecule has 140 valence electrons. The van der Waals surface area contributed by atoms with Crippen LogP contribution in [0.4, 0.5) is 0 Å². The van der Waals surface area contributed by atoms with Crippen LogP contribution in [-0.4, -0.2) is 38.4 Å². The van der Waals surface area contributed by atoms with Crippen molar-refractivity contribution in [1.29, 1.82) is 0 Å². The first-order chi connectivity index (χ1) is 13.0. The summed E-state index contributed by atoms with van der Waals surface area (Å²) in [6.45, 7) is 4.34. The number of rotatable bonds is 6. The lowest BCUT2D eigenvalue weighted by Crippen LogP contribution is -2.39. The van der Waals surface area contributed by atoms with Gasteiger partial charge in [-0.3, -0.25) is 14.0 Å². The lowest BCUT2D eigenvalue weighted by Gasteiger charge is -2.25. The summed E-state index contributed by atoms with van der Waals surface area (Å²) in [6.07, 6.45) is 1.35. The molecular weight excluding hydrogens is 342 g/mol. The summed E-state index contributed by atoms with van der Waals surface area (Å²) >= 11 is 0. The number of carbonyl (C=O) groups excluding carboxylic acids is 1. The lowest BCUT2D eigenvalue weighted by molar-refractivity contribution is 0.0692. The van der Waals surface area contributed by atoms with Gasteiger partial charge in [0.25, 0.3) is 11.5 Å². The van der Waals surface area contributed by atoms with Crippen molar-refractivity contribution >= 4 is 11.6 Å². The molecule has 0 radical (unpaired) electrons. The molecule has 0 fully saturated rings. The van der Waals surface area contributed by atoms with E-state index in [2.05, 4.69) is 4.98 Å². The van der Waals surface area contributed by atoms with Crippen LogP contribution in [0.3, 0.4) is 0 Å². The minimum Gasteiger partial charge on any atom is -0.396 e. The SMILES string of the molecule is Cc1cccc2ncc(C(=O)N(Cc3ccccc3)CC(C)CO)c(=O)n12. The van der Waals surface area contributed by atoms with Crippen LogP contribution in [0, 0.1) is 12.8 Å². The minimum absolute atomic E-state index is 0.0304. The monoisotopic (exact) mass is 365 g/mol. The highest BCUT2D eigenvalue weighted by Gasteiger charge is 2.22. The van der Waals surface area contributed by atoms with E-state index >= 15 is 0 Å². The summed E-state index contributed by atoms with van der Waals surface area (Å²) in [5, 5.41) is 9.42. The van der Waals surface area contributed by atoms with E-state index in [-0.39, 0.29) is 29.6 Å². The molecule has 2 aromatic heterocycles. The second-order valence-corrected chi connectivity index (χ2v) is 6.80. The van der Waals surface area contributed by atoms with E-state index in [1.54, 1.807) is 24.0 Å². The highest BCUT2D eigenvalue weighted by Crippen LogP contribution is 2.12. The molecule has 0 aliphatic rings.